The number of carbonyl (C=O) groups excluding carboxylic acids is 1. The maximum atomic E-state index is 12.9. The van der Waals surface area contributed by atoms with E-state index in [4.69, 9.17) is 0 Å². The Morgan fingerprint density at radius 2 is 1.46 bits per heavy atom. The van der Waals surface area contributed by atoms with Gasteiger partial charge in [0.05, 0.1) is 5.69 Å². The van der Waals surface area contributed by atoms with Gasteiger partial charge in [-0.1, -0.05) is 42.0 Å². The SMILES string of the molecule is Cc1ccc(CN(C)C(=O)CN(c2cc(C)ccc2C)S(=O)(=O)N(C)C)cc1. The summed E-state index contributed by atoms with van der Waals surface area (Å²) in [7, 11) is 0.800. The Hall–Kier alpha value is -2.38. The van der Waals surface area contributed by atoms with Gasteiger partial charge < -0.3 is 4.90 Å². The lowest BCUT2D eigenvalue weighted by Crippen LogP contribution is -2.46. The fourth-order valence-electron chi connectivity index (χ4n) is 2.78. The lowest BCUT2D eigenvalue weighted by atomic mass is 10.1. The maximum absolute atomic E-state index is 12.9. The predicted octanol–water partition coefficient (Wildman–Crippen LogP) is 2.88. The smallest absolute Gasteiger partial charge is 0.304 e. The molecule has 0 N–H and O–H groups in total. The predicted molar refractivity (Wildman–Crippen MR) is 114 cm³/mol. The number of hydrogen-bond donors (Lipinski definition) is 0. The summed E-state index contributed by atoms with van der Waals surface area (Å²) >= 11 is 0. The van der Waals surface area contributed by atoms with Crippen molar-refractivity contribution in [3.05, 3.63) is 64.7 Å². The molecule has 1 amide bonds. The standard InChI is InChI=1S/C21H29N3O3S/c1-16-8-11-19(12-9-16)14-23(6)21(25)15-24(28(26,27)22(4)5)20-13-17(2)7-10-18(20)3/h7-13H,14-15H2,1-6H3. The van der Waals surface area contributed by atoms with Gasteiger partial charge in [-0.25, -0.2) is 4.31 Å². The van der Waals surface area contributed by atoms with Crippen LogP contribution in [0, 0.1) is 20.8 Å². The van der Waals surface area contributed by atoms with E-state index in [1.165, 1.54) is 18.4 Å². The van der Waals surface area contributed by atoms with E-state index in [2.05, 4.69) is 0 Å². The van der Waals surface area contributed by atoms with Crippen LogP contribution in [0.15, 0.2) is 42.5 Å². The van der Waals surface area contributed by atoms with Crippen molar-refractivity contribution >= 4 is 21.8 Å². The average molecular weight is 404 g/mol. The number of rotatable bonds is 7. The number of anilines is 1. The van der Waals surface area contributed by atoms with Gasteiger partial charge in [-0.05, 0) is 43.5 Å². The third-order valence-corrected chi connectivity index (χ3v) is 6.42. The molecule has 0 heterocycles. The van der Waals surface area contributed by atoms with E-state index in [1.807, 2.05) is 57.2 Å². The van der Waals surface area contributed by atoms with Crippen molar-refractivity contribution in [2.24, 2.45) is 0 Å². The zero-order valence-electron chi connectivity index (χ0n) is 17.4. The number of hydrogen-bond acceptors (Lipinski definition) is 3. The highest BCUT2D eigenvalue weighted by Gasteiger charge is 2.29. The van der Waals surface area contributed by atoms with Crippen molar-refractivity contribution < 1.29 is 13.2 Å². The molecule has 0 radical (unpaired) electrons. The van der Waals surface area contributed by atoms with Crippen LogP contribution in [0.2, 0.25) is 0 Å². The van der Waals surface area contributed by atoms with Gasteiger partial charge in [0.25, 0.3) is 0 Å². The molecule has 0 unspecified atom stereocenters. The van der Waals surface area contributed by atoms with Crippen molar-refractivity contribution in [2.45, 2.75) is 27.3 Å². The van der Waals surface area contributed by atoms with Crippen LogP contribution in [0.1, 0.15) is 22.3 Å². The molecule has 152 valence electrons. The molecule has 2 aromatic rings. The van der Waals surface area contributed by atoms with Gasteiger partial charge in [0.1, 0.15) is 6.54 Å². The highest BCUT2D eigenvalue weighted by molar-refractivity contribution is 7.90. The Kier molecular flexibility index (Phi) is 6.85. The first kappa shape index (κ1) is 21.9. The number of carbonyl (C=O) groups is 1. The number of likely N-dealkylation sites (N-methyl/N-ethyl adjacent to an activating group) is 1. The summed E-state index contributed by atoms with van der Waals surface area (Å²) in [5.74, 6) is -0.271. The quantitative estimate of drug-likeness (QED) is 0.714. The van der Waals surface area contributed by atoms with E-state index in [1.54, 1.807) is 18.0 Å². The third-order valence-electron chi connectivity index (χ3n) is 4.62. The second kappa shape index (κ2) is 8.75. The fourth-order valence-corrected chi connectivity index (χ4v) is 3.89. The summed E-state index contributed by atoms with van der Waals surface area (Å²) in [6.45, 7) is 5.91. The summed E-state index contributed by atoms with van der Waals surface area (Å²) < 4.78 is 28.2. The molecule has 0 aromatic heterocycles. The van der Waals surface area contributed by atoms with Crippen LogP contribution in [0.3, 0.4) is 0 Å². The number of nitrogens with zero attached hydrogens (tertiary/aromatic N) is 3. The number of amides is 1. The minimum Gasteiger partial charge on any atom is -0.340 e. The second-order valence-corrected chi connectivity index (χ2v) is 9.39. The van der Waals surface area contributed by atoms with E-state index < -0.39 is 10.2 Å². The first-order valence-electron chi connectivity index (χ1n) is 9.09. The molecule has 0 atom stereocenters. The maximum Gasteiger partial charge on any atom is 0.304 e. The van der Waals surface area contributed by atoms with Gasteiger partial charge in [-0.2, -0.15) is 12.7 Å². The van der Waals surface area contributed by atoms with E-state index in [-0.39, 0.29) is 12.5 Å². The summed E-state index contributed by atoms with van der Waals surface area (Å²) in [6.07, 6.45) is 0. The Labute approximate surface area is 168 Å². The molecule has 0 saturated carbocycles. The highest BCUT2D eigenvalue weighted by atomic mass is 32.2. The molecular formula is C21H29N3O3S. The molecule has 2 rings (SSSR count). The van der Waals surface area contributed by atoms with Gasteiger partial charge in [-0.3, -0.25) is 4.79 Å². The molecule has 0 fully saturated rings. The lowest BCUT2D eigenvalue weighted by Gasteiger charge is -2.30. The van der Waals surface area contributed by atoms with Crippen LogP contribution in [0.25, 0.3) is 0 Å². The van der Waals surface area contributed by atoms with Crippen LogP contribution in [0.4, 0.5) is 5.69 Å². The molecule has 0 aliphatic heterocycles. The Bertz CT molecular complexity index is 938. The van der Waals surface area contributed by atoms with Crippen LogP contribution in [-0.2, 0) is 21.5 Å². The molecule has 2 aromatic carbocycles. The van der Waals surface area contributed by atoms with Crippen molar-refractivity contribution in [3.63, 3.8) is 0 Å². The van der Waals surface area contributed by atoms with Crippen molar-refractivity contribution in [2.75, 3.05) is 32.0 Å². The zero-order valence-corrected chi connectivity index (χ0v) is 18.2. The normalized spacial score (nSPS) is 11.5. The molecule has 0 aliphatic carbocycles. The first-order chi connectivity index (χ1) is 13.0. The van der Waals surface area contributed by atoms with Crippen molar-refractivity contribution in [1.82, 2.24) is 9.21 Å². The topological polar surface area (TPSA) is 60.9 Å². The summed E-state index contributed by atoms with van der Waals surface area (Å²) in [5, 5.41) is 0. The first-order valence-corrected chi connectivity index (χ1v) is 10.5. The molecular weight excluding hydrogens is 374 g/mol. The van der Waals surface area contributed by atoms with Gasteiger partial charge >= 0.3 is 10.2 Å². The summed E-state index contributed by atoms with van der Waals surface area (Å²) in [5.41, 5.74) is 4.39. The van der Waals surface area contributed by atoms with Gasteiger partial charge in [0, 0.05) is 27.7 Å². The van der Waals surface area contributed by atoms with Crippen LogP contribution < -0.4 is 4.31 Å². The summed E-state index contributed by atoms with van der Waals surface area (Å²) in [6, 6.07) is 13.5. The Morgan fingerprint density at radius 1 is 0.893 bits per heavy atom. The third kappa shape index (κ3) is 5.11. The molecule has 28 heavy (non-hydrogen) atoms. The van der Waals surface area contributed by atoms with E-state index in [0.717, 1.165) is 26.6 Å². The molecule has 0 aliphatic rings. The molecule has 0 bridgehead atoms. The van der Waals surface area contributed by atoms with Gasteiger partial charge in [-0.15, -0.1) is 0 Å². The minimum absolute atomic E-state index is 0.257. The lowest BCUT2D eigenvalue weighted by molar-refractivity contribution is -0.128. The number of aryl methyl sites for hydroxylation is 3. The molecule has 0 saturated heterocycles. The largest absolute Gasteiger partial charge is 0.340 e. The van der Waals surface area contributed by atoms with Crippen LogP contribution in [-0.4, -0.2) is 51.2 Å². The molecule has 7 heteroatoms. The zero-order chi connectivity index (χ0) is 21.1. The number of benzene rings is 2. The fraction of sp³-hybridized carbons (Fsp3) is 0.381. The van der Waals surface area contributed by atoms with E-state index in [9.17, 15) is 13.2 Å². The average Bonchev–Trinajstić information content (AvgIpc) is 2.63. The molecule has 6 nitrogen and oxygen atoms in total. The van der Waals surface area contributed by atoms with Crippen LogP contribution >= 0.6 is 0 Å². The Balaban J connectivity index is 2.30. The minimum atomic E-state index is -3.82. The van der Waals surface area contributed by atoms with Crippen LogP contribution in [0.5, 0.6) is 0 Å². The van der Waals surface area contributed by atoms with E-state index >= 15 is 0 Å². The summed E-state index contributed by atoms with van der Waals surface area (Å²) in [4.78, 5) is 14.4. The monoisotopic (exact) mass is 403 g/mol. The highest BCUT2D eigenvalue weighted by Crippen LogP contribution is 2.25. The van der Waals surface area contributed by atoms with Crippen molar-refractivity contribution in [1.29, 1.82) is 0 Å². The van der Waals surface area contributed by atoms with Gasteiger partial charge in [0.15, 0.2) is 0 Å². The Morgan fingerprint density at radius 3 is 2.04 bits per heavy atom. The van der Waals surface area contributed by atoms with E-state index in [0.29, 0.717) is 12.2 Å². The van der Waals surface area contributed by atoms with Crippen molar-refractivity contribution in [3.8, 4) is 0 Å². The molecule has 0 spiro atoms. The van der Waals surface area contributed by atoms with Gasteiger partial charge in [0.2, 0.25) is 5.91 Å². The second-order valence-electron chi connectivity index (χ2n) is 7.32.